The van der Waals surface area contributed by atoms with Crippen molar-refractivity contribution in [1.29, 1.82) is 0 Å². The molecule has 0 heterocycles. The van der Waals surface area contributed by atoms with Crippen molar-refractivity contribution in [2.24, 2.45) is 0 Å². The van der Waals surface area contributed by atoms with Crippen LogP contribution in [-0.4, -0.2) is 11.1 Å². The van der Waals surface area contributed by atoms with Gasteiger partial charge in [-0.05, 0) is 12.1 Å². The highest BCUT2D eigenvalue weighted by Gasteiger charge is 2.11. The molecule has 0 unspecified atom stereocenters. The molecule has 0 aliphatic rings. The Labute approximate surface area is 73.4 Å². The molecule has 58 valence electrons. The summed E-state index contributed by atoms with van der Waals surface area (Å²) < 4.78 is 0. The molecule has 1 aromatic rings. The summed E-state index contributed by atoms with van der Waals surface area (Å²) in [5, 5.41) is 8.89. The van der Waals surface area contributed by atoms with E-state index in [4.69, 9.17) is 28.3 Å². The van der Waals surface area contributed by atoms with Gasteiger partial charge in [0, 0.05) is 0 Å². The molecule has 11 heavy (non-hydrogen) atoms. The minimum atomic E-state index is -1.11. The van der Waals surface area contributed by atoms with Crippen molar-refractivity contribution in [1.82, 2.24) is 0 Å². The van der Waals surface area contributed by atoms with Gasteiger partial charge < -0.3 is 5.11 Å². The van der Waals surface area contributed by atoms with Crippen LogP contribution in [0.5, 0.6) is 0 Å². The molecule has 0 aliphatic heterocycles. The molecule has 1 N–H and O–H groups in total. The number of benzene rings is 1. The summed E-state index contributed by atoms with van der Waals surface area (Å²) in [7, 11) is 0. The van der Waals surface area contributed by atoms with Crippen LogP contribution in [0.15, 0.2) is 18.2 Å². The quantitative estimate of drug-likeness (QED) is 0.744. The lowest BCUT2D eigenvalue weighted by Gasteiger charge is -1.98. The minimum absolute atomic E-state index is 0.0455. The third-order valence-electron chi connectivity index (χ3n) is 1.18. The molecule has 1 aromatic carbocycles. The number of halogens is 2. The van der Waals surface area contributed by atoms with E-state index in [1.54, 1.807) is 6.07 Å². The predicted octanol–water partition coefficient (Wildman–Crippen LogP) is 2.69. The summed E-state index contributed by atoms with van der Waals surface area (Å²) in [5.41, 5.74) is -0.0455. The van der Waals surface area contributed by atoms with Crippen molar-refractivity contribution in [3.63, 3.8) is 0 Å². The van der Waals surface area contributed by atoms with E-state index in [1.165, 1.54) is 12.1 Å². The number of carboxylic acids is 1. The molecule has 0 radical (unpaired) electrons. The van der Waals surface area contributed by atoms with Gasteiger partial charge in [-0.3, -0.25) is 0 Å². The second kappa shape index (κ2) is 3.11. The normalized spacial score (nSPS) is 9.64. The molecule has 0 saturated heterocycles. The van der Waals surface area contributed by atoms with E-state index < -0.39 is 5.97 Å². The van der Waals surface area contributed by atoms with Crippen LogP contribution >= 0.6 is 23.2 Å². The highest BCUT2D eigenvalue weighted by atomic mass is 35.5. The molecule has 0 amide bonds. The lowest BCUT2D eigenvalue weighted by molar-refractivity contribution is 0.0697. The average molecular weight is 193 g/mol. The van der Waals surface area contributed by atoms with Crippen molar-refractivity contribution in [2.45, 2.75) is 0 Å². The maximum atomic E-state index is 10.5. The van der Waals surface area contributed by atoms with Gasteiger partial charge in [-0.25, -0.2) is 4.79 Å². The first-order valence-corrected chi connectivity index (χ1v) is 3.56. The van der Waals surface area contributed by atoms with Crippen molar-refractivity contribution in [3.8, 4) is 0 Å². The van der Waals surface area contributed by atoms with Crippen LogP contribution < -0.4 is 0 Å². The Hall–Kier alpha value is -0.730. The molecule has 0 aliphatic carbocycles. The van der Waals surface area contributed by atoms with E-state index in [-0.39, 0.29) is 15.6 Å². The number of hydrogen-bond acceptors (Lipinski definition) is 1. The van der Waals surface area contributed by atoms with Crippen LogP contribution in [-0.2, 0) is 0 Å². The van der Waals surface area contributed by atoms with Crippen molar-refractivity contribution in [3.05, 3.63) is 33.8 Å². The van der Waals surface area contributed by atoms with Gasteiger partial charge in [0.15, 0.2) is 0 Å². The molecule has 2 nitrogen and oxygen atoms in total. The SMILES string of the molecule is O=[14C](O)c1c(Cl)cccc1Cl. The van der Waals surface area contributed by atoms with Crippen molar-refractivity contribution < 1.29 is 9.90 Å². The van der Waals surface area contributed by atoms with Crippen LogP contribution in [0.1, 0.15) is 10.4 Å². The van der Waals surface area contributed by atoms with Gasteiger partial charge >= 0.3 is 5.97 Å². The average Bonchev–Trinajstić information content (AvgIpc) is 1.85. The van der Waals surface area contributed by atoms with Gasteiger partial charge in [-0.2, -0.15) is 0 Å². The zero-order chi connectivity index (χ0) is 8.43. The fourth-order valence-electron chi connectivity index (χ4n) is 0.702. The fraction of sp³-hybridized carbons (Fsp3) is 0. The summed E-state index contributed by atoms with van der Waals surface area (Å²) in [6, 6.07) is 4.56. The lowest BCUT2D eigenvalue weighted by Crippen LogP contribution is -1.97. The molecule has 4 heteroatoms. The molecule has 0 atom stereocenters. The Morgan fingerprint density at radius 2 is 1.73 bits per heavy atom. The summed E-state index contributed by atoms with van der Waals surface area (Å²) in [6.07, 6.45) is 0. The van der Waals surface area contributed by atoms with Gasteiger partial charge in [0.1, 0.15) is 0 Å². The van der Waals surface area contributed by atoms with Crippen LogP contribution in [0, 0.1) is 0 Å². The Balaban J connectivity index is 3.32. The largest absolute Gasteiger partial charge is 0.478 e. The fourth-order valence-corrected chi connectivity index (χ4v) is 1.26. The topological polar surface area (TPSA) is 37.3 Å². The van der Waals surface area contributed by atoms with Crippen molar-refractivity contribution >= 4 is 29.2 Å². The minimum Gasteiger partial charge on any atom is -0.478 e. The number of rotatable bonds is 1. The third-order valence-corrected chi connectivity index (χ3v) is 1.81. The van der Waals surface area contributed by atoms with E-state index in [2.05, 4.69) is 0 Å². The van der Waals surface area contributed by atoms with Crippen LogP contribution in [0.2, 0.25) is 10.0 Å². The van der Waals surface area contributed by atoms with Gasteiger partial charge in [0.25, 0.3) is 0 Å². The molecular formula is C7H4Cl2O2. The maximum absolute atomic E-state index is 10.5. The van der Waals surface area contributed by atoms with Crippen LogP contribution in [0.25, 0.3) is 0 Å². The van der Waals surface area contributed by atoms with Gasteiger partial charge in [0.05, 0.1) is 15.6 Å². The van der Waals surface area contributed by atoms with Gasteiger partial charge in [-0.1, -0.05) is 29.3 Å². The Morgan fingerprint density at radius 1 is 1.27 bits per heavy atom. The summed E-state index contributed by atoms with van der Waals surface area (Å²) in [6.45, 7) is 0. The lowest BCUT2D eigenvalue weighted by atomic mass is 10.3. The number of aromatic carboxylic acids is 1. The van der Waals surface area contributed by atoms with Crippen LogP contribution in [0.4, 0.5) is 0 Å². The van der Waals surface area contributed by atoms with Crippen molar-refractivity contribution in [2.75, 3.05) is 0 Å². The molecule has 0 fully saturated rings. The van der Waals surface area contributed by atoms with Gasteiger partial charge in [0.2, 0.25) is 0 Å². The molecule has 0 saturated carbocycles. The molecule has 0 aromatic heterocycles. The molecule has 0 spiro atoms. The van der Waals surface area contributed by atoms with E-state index in [9.17, 15) is 4.79 Å². The highest BCUT2D eigenvalue weighted by Crippen LogP contribution is 2.23. The Bertz CT molecular complexity index is 276. The second-order valence-electron chi connectivity index (χ2n) is 1.90. The maximum Gasteiger partial charge on any atom is 0.338 e. The first-order valence-electron chi connectivity index (χ1n) is 2.80. The number of hydrogen-bond donors (Lipinski definition) is 1. The summed E-state index contributed by atoms with van der Waals surface area (Å²) in [5.74, 6) is -1.11. The smallest absolute Gasteiger partial charge is 0.338 e. The first-order chi connectivity index (χ1) is 5.13. The summed E-state index contributed by atoms with van der Waals surface area (Å²) in [4.78, 5) is 10.5. The third kappa shape index (κ3) is 1.64. The molecular weight excluding hydrogens is 189 g/mol. The van der Waals surface area contributed by atoms with E-state index in [1.807, 2.05) is 0 Å². The number of carboxylic acid groups (broad SMARTS) is 1. The zero-order valence-electron chi connectivity index (χ0n) is 5.34. The number of carbonyl (C=O) groups is 1. The zero-order valence-corrected chi connectivity index (χ0v) is 6.86. The van der Waals surface area contributed by atoms with E-state index in [0.29, 0.717) is 0 Å². The Kier molecular flexibility index (Phi) is 2.37. The van der Waals surface area contributed by atoms with Crippen LogP contribution in [0.3, 0.4) is 0 Å². The van der Waals surface area contributed by atoms with E-state index >= 15 is 0 Å². The summed E-state index contributed by atoms with van der Waals surface area (Å²) >= 11 is 11.1. The first kappa shape index (κ1) is 8.37. The predicted molar refractivity (Wildman–Crippen MR) is 43.4 cm³/mol. The molecule has 0 bridgehead atoms. The standard InChI is InChI=1S/C7H4Cl2O2/c8-4-2-1-3-5(9)6(4)7(10)11/h1-3H,(H,10,11)/i7+2. The second-order valence-corrected chi connectivity index (χ2v) is 2.72. The molecule has 1 rings (SSSR count). The Morgan fingerprint density at radius 3 is 2.00 bits per heavy atom. The van der Waals surface area contributed by atoms with Gasteiger partial charge in [-0.15, -0.1) is 0 Å². The monoisotopic (exact) mass is 192 g/mol. The van der Waals surface area contributed by atoms with E-state index in [0.717, 1.165) is 0 Å². The highest BCUT2D eigenvalue weighted by molar-refractivity contribution is 6.39.